The number of rotatable bonds is 6. The van der Waals surface area contributed by atoms with E-state index in [9.17, 15) is 14.4 Å². The number of hydrogen-bond acceptors (Lipinski definition) is 4. The Morgan fingerprint density at radius 3 is 2.38 bits per heavy atom. The highest BCUT2D eigenvalue weighted by atomic mass is 16.5. The third-order valence-corrected chi connectivity index (χ3v) is 2.59. The Morgan fingerprint density at radius 2 is 1.81 bits per heavy atom. The van der Waals surface area contributed by atoms with E-state index in [0.29, 0.717) is 12.1 Å². The van der Waals surface area contributed by atoms with Crippen molar-refractivity contribution in [2.45, 2.75) is 13.5 Å². The Morgan fingerprint density at radius 1 is 1.14 bits per heavy atom. The fourth-order valence-electron chi connectivity index (χ4n) is 1.48. The molecule has 0 radical (unpaired) electrons. The minimum Gasteiger partial charge on any atom is -0.466 e. The van der Waals surface area contributed by atoms with Gasteiger partial charge in [-0.1, -0.05) is 18.2 Å². The third-order valence-electron chi connectivity index (χ3n) is 2.59. The van der Waals surface area contributed by atoms with Crippen LogP contribution in [-0.2, 0) is 20.9 Å². The molecule has 1 rings (SSSR count). The van der Waals surface area contributed by atoms with Crippen molar-refractivity contribution in [3.05, 3.63) is 47.5 Å². The van der Waals surface area contributed by atoms with Gasteiger partial charge in [-0.15, -0.1) is 0 Å². The SMILES string of the molecule is COC(=O)/C=C/CNC(=O)c1ccc(CNC(C)=O)cc1. The molecule has 112 valence electrons. The quantitative estimate of drug-likeness (QED) is 0.599. The molecule has 0 atom stereocenters. The summed E-state index contributed by atoms with van der Waals surface area (Å²) in [5, 5.41) is 5.32. The number of benzene rings is 1. The summed E-state index contributed by atoms with van der Waals surface area (Å²) in [4.78, 5) is 33.4. The molecule has 2 amide bonds. The second kappa shape index (κ2) is 8.52. The van der Waals surface area contributed by atoms with E-state index in [1.807, 2.05) is 0 Å². The van der Waals surface area contributed by atoms with Crippen molar-refractivity contribution >= 4 is 17.8 Å². The summed E-state index contributed by atoms with van der Waals surface area (Å²) in [6, 6.07) is 6.90. The van der Waals surface area contributed by atoms with Crippen LogP contribution in [0.5, 0.6) is 0 Å². The number of ether oxygens (including phenoxy) is 1. The molecule has 0 aromatic heterocycles. The lowest BCUT2D eigenvalue weighted by Gasteiger charge is -2.05. The largest absolute Gasteiger partial charge is 0.466 e. The number of carbonyl (C=O) groups is 3. The molecule has 0 fully saturated rings. The summed E-state index contributed by atoms with van der Waals surface area (Å²) in [6.07, 6.45) is 2.76. The van der Waals surface area contributed by atoms with E-state index in [-0.39, 0.29) is 18.4 Å². The Labute approximate surface area is 123 Å². The van der Waals surface area contributed by atoms with Gasteiger partial charge >= 0.3 is 5.97 Å². The first-order valence-corrected chi connectivity index (χ1v) is 6.39. The Hall–Kier alpha value is -2.63. The summed E-state index contributed by atoms with van der Waals surface area (Å²) in [5.74, 6) is -0.809. The van der Waals surface area contributed by atoms with Gasteiger partial charge in [0, 0.05) is 31.7 Å². The molecule has 0 heterocycles. The van der Waals surface area contributed by atoms with Crippen LogP contribution in [0.1, 0.15) is 22.8 Å². The molecule has 0 aliphatic rings. The standard InChI is InChI=1S/C15H18N2O4/c1-11(18)17-10-12-5-7-13(8-6-12)15(20)16-9-3-4-14(19)21-2/h3-8H,9-10H2,1-2H3,(H,16,20)(H,17,18)/b4-3+. The van der Waals surface area contributed by atoms with Crippen molar-refractivity contribution in [1.82, 2.24) is 10.6 Å². The molecule has 0 unspecified atom stereocenters. The highest BCUT2D eigenvalue weighted by Gasteiger charge is 2.04. The molecule has 6 heteroatoms. The molecule has 0 spiro atoms. The highest BCUT2D eigenvalue weighted by molar-refractivity contribution is 5.94. The number of nitrogens with one attached hydrogen (secondary N) is 2. The van der Waals surface area contributed by atoms with E-state index in [4.69, 9.17) is 0 Å². The van der Waals surface area contributed by atoms with E-state index in [1.165, 1.54) is 26.2 Å². The molecule has 2 N–H and O–H groups in total. The van der Waals surface area contributed by atoms with Crippen molar-refractivity contribution < 1.29 is 19.1 Å². The molecule has 0 bridgehead atoms. The number of hydrogen-bond donors (Lipinski definition) is 2. The maximum absolute atomic E-state index is 11.8. The van der Waals surface area contributed by atoms with Crippen molar-refractivity contribution in [1.29, 1.82) is 0 Å². The lowest BCUT2D eigenvalue weighted by Crippen LogP contribution is -2.23. The average Bonchev–Trinajstić information content (AvgIpc) is 2.49. The van der Waals surface area contributed by atoms with Crippen LogP contribution in [0.25, 0.3) is 0 Å². The maximum Gasteiger partial charge on any atom is 0.330 e. The van der Waals surface area contributed by atoms with E-state index >= 15 is 0 Å². The number of methoxy groups -OCH3 is 1. The fraction of sp³-hybridized carbons (Fsp3) is 0.267. The zero-order valence-corrected chi connectivity index (χ0v) is 12.0. The molecule has 0 aliphatic carbocycles. The zero-order chi connectivity index (χ0) is 15.7. The van der Waals surface area contributed by atoms with Crippen LogP contribution in [0.3, 0.4) is 0 Å². The van der Waals surface area contributed by atoms with Gasteiger partial charge in [-0.05, 0) is 17.7 Å². The van der Waals surface area contributed by atoms with Gasteiger partial charge in [-0.2, -0.15) is 0 Å². The summed E-state index contributed by atoms with van der Waals surface area (Å²) in [7, 11) is 1.29. The van der Waals surface area contributed by atoms with Crippen LogP contribution in [0.15, 0.2) is 36.4 Å². The van der Waals surface area contributed by atoms with E-state index in [0.717, 1.165) is 5.56 Å². The average molecular weight is 290 g/mol. The summed E-state index contributed by atoms with van der Waals surface area (Å²) in [5.41, 5.74) is 1.42. The van der Waals surface area contributed by atoms with Crippen molar-refractivity contribution in [2.24, 2.45) is 0 Å². The zero-order valence-electron chi connectivity index (χ0n) is 12.0. The van der Waals surface area contributed by atoms with Gasteiger partial charge in [0.1, 0.15) is 0 Å². The van der Waals surface area contributed by atoms with Crippen molar-refractivity contribution in [3.8, 4) is 0 Å². The topological polar surface area (TPSA) is 84.5 Å². The van der Waals surface area contributed by atoms with Gasteiger partial charge in [-0.3, -0.25) is 9.59 Å². The summed E-state index contributed by atoms with van der Waals surface area (Å²) < 4.78 is 4.43. The molecule has 1 aromatic carbocycles. The monoisotopic (exact) mass is 290 g/mol. The minimum atomic E-state index is -0.466. The minimum absolute atomic E-state index is 0.103. The first-order chi connectivity index (χ1) is 10.0. The van der Waals surface area contributed by atoms with E-state index < -0.39 is 5.97 Å². The van der Waals surface area contributed by atoms with Crippen LogP contribution in [-0.4, -0.2) is 31.4 Å². The first kappa shape index (κ1) is 16.4. The maximum atomic E-state index is 11.8. The Bertz CT molecular complexity index is 535. The molecule has 0 aliphatic heterocycles. The third kappa shape index (κ3) is 6.38. The smallest absolute Gasteiger partial charge is 0.330 e. The van der Waals surface area contributed by atoms with Gasteiger partial charge in [0.2, 0.25) is 5.91 Å². The van der Waals surface area contributed by atoms with Crippen molar-refractivity contribution in [3.63, 3.8) is 0 Å². The van der Waals surface area contributed by atoms with E-state index in [2.05, 4.69) is 15.4 Å². The van der Waals surface area contributed by atoms with Crippen LogP contribution in [0.4, 0.5) is 0 Å². The molecule has 6 nitrogen and oxygen atoms in total. The van der Waals surface area contributed by atoms with E-state index in [1.54, 1.807) is 24.3 Å². The van der Waals surface area contributed by atoms with Crippen LogP contribution in [0.2, 0.25) is 0 Å². The van der Waals surface area contributed by atoms with Gasteiger partial charge in [0.05, 0.1) is 7.11 Å². The molecule has 0 saturated heterocycles. The first-order valence-electron chi connectivity index (χ1n) is 6.39. The second-order valence-electron chi connectivity index (χ2n) is 4.24. The molecule has 0 saturated carbocycles. The Kier molecular flexibility index (Phi) is 6.67. The number of amides is 2. The number of esters is 1. The lowest BCUT2D eigenvalue weighted by atomic mass is 10.1. The van der Waals surface area contributed by atoms with Crippen LogP contribution in [0, 0.1) is 0 Å². The highest BCUT2D eigenvalue weighted by Crippen LogP contribution is 2.04. The van der Waals surface area contributed by atoms with Gasteiger partial charge in [0.25, 0.3) is 5.91 Å². The van der Waals surface area contributed by atoms with Gasteiger partial charge in [0.15, 0.2) is 0 Å². The van der Waals surface area contributed by atoms with Gasteiger partial charge in [-0.25, -0.2) is 4.79 Å². The lowest BCUT2D eigenvalue weighted by molar-refractivity contribution is -0.134. The fourth-order valence-corrected chi connectivity index (χ4v) is 1.48. The molecule has 21 heavy (non-hydrogen) atoms. The Balaban J connectivity index is 2.46. The molecular weight excluding hydrogens is 272 g/mol. The summed E-state index contributed by atoms with van der Waals surface area (Å²) in [6.45, 7) is 2.12. The predicted molar refractivity (Wildman–Crippen MR) is 77.5 cm³/mol. The normalized spacial score (nSPS) is 10.2. The van der Waals surface area contributed by atoms with Crippen LogP contribution < -0.4 is 10.6 Å². The second-order valence-corrected chi connectivity index (χ2v) is 4.24. The predicted octanol–water partition coefficient (Wildman–Crippen LogP) is 0.782. The molecule has 1 aromatic rings. The van der Waals surface area contributed by atoms with Crippen LogP contribution >= 0.6 is 0 Å². The molecular formula is C15H18N2O4. The summed E-state index contributed by atoms with van der Waals surface area (Å²) >= 11 is 0. The number of carbonyl (C=O) groups excluding carboxylic acids is 3. The van der Waals surface area contributed by atoms with Gasteiger partial charge < -0.3 is 15.4 Å². The van der Waals surface area contributed by atoms with Crippen molar-refractivity contribution in [2.75, 3.05) is 13.7 Å².